The van der Waals surface area contributed by atoms with Crippen LogP contribution in [0.15, 0.2) is 51.4 Å². The fourth-order valence-electron chi connectivity index (χ4n) is 3.50. The average molecular weight is 435 g/mol. The molecule has 0 amide bonds. The van der Waals surface area contributed by atoms with E-state index in [-0.39, 0.29) is 12.3 Å². The second-order valence-corrected chi connectivity index (χ2v) is 7.65. The Morgan fingerprint density at radius 1 is 1.22 bits per heavy atom. The highest BCUT2D eigenvalue weighted by atomic mass is 16.5. The van der Waals surface area contributed by atoms with Crippen molar-refractivity contribution in [3.05, 3.63) is 69.1 Å². The Balaban J connectivity index is 1.59. The first-order chi connectivity index (χ1) is 15.5. The van der Waals surface area contributed by atoms with Gasteiger partial charge in [0.15, 0.2) is 0 Å². The SMILES string of the molecule is CC/C(=N/N=C1CCOc2ccc(C)cc21)OCc1c(C)cccc1-n1nnn(C)c1=O. The van der Waals surface area contributed by atoms with Crippen LogP contribution in [0, 0.1) is 13.8 Å². The van der Waals surface area contributed by atoms with Crippen molar-refractivity contribution in [2.75, 3.05) is 6.61 Å². The van der Waals surface area contributed by atoms with Gasteiger partial charge in [0.1, 0.15) is 12.4 Å². The summed E-state index contributed by atoms with van der Waals surface area (Å²) in [6.07, 6.45) is 1.27. The molecule has 0 spiro atoms. The summed E-state index contributed by atoms with van der Waals surface area (Å²) in [6, 6.07) is 11.7. The number of tetrazole rings is 1. The van der Waals surface area contributed by atoms with Crippen molar-refractivity contribution in [2.45, 2.75) is 40.2 Å². The molecule has 2 heterocycles. The highest BCUT2D eigenvalue weighted by molar-refractivity contribution is 6.04. The van der Waals surface area contributed by atoms with Crippen LogP contribution < -0.4 is 10.4 Å². The number of nitrogens with zero attached hydrogens (tertiary/aromatic N) is 6. The van der Waals surface area contributed by atoms with Crippen LogP contribution in [0.3, 0.4) is 0 Å². The van der Waals surface area contributed by atoms with Gasteiger partial charge in [0.25, 0.3) is 0 Å². The van der Waals surface area contributed by atoms with Crippen molar-refractivity contribution >= 4 is 11.6 Å². The summed E-state index contributed by atoms with van der Waals surface area (Å²) in [5.41, 5.74) is 5.14. The summed E-state index contributed by atoms with van der Waals surface area (Å²) >= 11 is 0. The Kier molecular flexibility index (Phi) is 6.16. The minimum atomic E-state index is -0.318. The zero-order valence-corrected chi connectivity index (χ0v) is 18.7. The van der Waals surface area contributed by atoms with Gasteiger partial charge in [-0.05, 0) is 48.0 Å². The quantitative estimate of drug-likeness (QED) is 0.349. The maximum absolute atomic E-state index is 12.3. The lowest BCUT2D eigenvalue weighted by molar-refractivity contribution is 0.282. The molecule has 0 bridgehead atoms. The van der Waals surface area contributed by atoms with Crippen molar-refractivity contribution in [3.8, 4) is 11.4 Å². The topological polar surface area (TPSA) is 95.9 Å². The van der Waals surface area contributed by atoms with Crippen LogP contribution in [-0.2, 0) is 18.4 Å². The molecule has 0 saturated heterocycles. The fourth-order valence-corrected chi connectivity index (χ4v) is 3.50. The summed E-state index contributed by atoms with van der Waals surface area (Å²) in [5, 5.41) is 16.6. The minimum absolute atomic E-state index is 0.237. The normalized spacial score (nSPS) is 14.9. The Bertz CT molecular complexity index is 1250. The summed E-state index contributed by atoms with van der Waals surface area (Å²) in [6.45, 7) is 6.78. The predicted octanol–water partition coefficient (Wildman–Crippen LogP) is 3.09. The first-order valence-corrected chi connectivity index (χ1v) is 10.6. The molecule has 0 unspecified atom stereocenters. The molecule has 9 heteroatoms. The predicted molar refractivity (Wildman–Crippen MR) is 122 cm³/mol. The smallest absolute Gasteiger partial charge is 0.368 e. The third-order valence-electron chi connectivity index (χ3n) is 5.35. The van der Waals surface area contributed by atoms with Gasteiger partial charge in [-0.2, -0.15) is 14.5 Å². The Labute approximate surface area is 186 Å². The summed E-state index contributed by atoms with van der Waals surface area (Å²) in [4.78, 5) is 12.3. The van der Waals surface area contributed by atoms with Gasteiger partial charge < -0.3 is 9.47 Å². The average Bonchev–Trinajstić information content (AvgIpc) is 3.12. The van der Waals surface area contributed by atoms with E-state index in [9.17, 15) is 4.79 Å². The molecule has 32 heavy (non-hydrogen) atoms. The van der Waals surface area contributed by atoms with Crippen LogP contribution in [0.4, 0.5) is 0 Å². The van der Waals surface area contributed by atoms with Crippen molar-refractivity contribution in [1.29, 1.82) is 0 Å². The second kappa shape index (κ2) is 9.17. The monoisotopic (exact) mass is 434 g/mol. The van der Waals surface area contributed by atoms with E-state index in [4.69, 9.17) is 9.47 Å². The molecule has 0 saturated carbocycles. The van der Waals surface area contributed by atoms with Crippen LogP contribution in [-0.4, -0.2) is 38.0 Å². The van der Waals surface area contributed by atoms with Gasteiger partial charge in [-0.1, -0.05) is 30.7 Å². The van der Waals surface area contributed by atoms with E-state index in [1.807, 2.05) is 51.1 Å². The highest BCUT2D eigenvalue weighted by Gasteiger charge is 2.17. The van der Waals surface area contributed by atoms with Crippen molar-refractivity contribution in [3.63, 3.8) is 0 Å². The largest absolute Gasteiger partial charge is 0.492 e. The maximum Gasteiger partial charge on any atom is 0.368 e. The first-order valence-electron chi connectivity index (χ1n) is 10.6. The Morgan fingerprint density at radius 2 is 2.06 bits per heavy atom. The van der Waals surface area contributed by atoms with Crippen LogP contribution in [0.25, 0.3) is 5.69 Å². The zero-order valence-electron chi connectivity index (χ0n) is 18.7. The summed E-state index contributed by atoms with van der Waals surface area (Å²) in [5.74, 6) is 1.34. The lowest BCUT2D eigenvalue weighted by atomic mass is 10.0. The standard InChI is InChI=1S/C23H26N6O3/c1-5-22(25-24-19-11-12-31-21-10-9-15(2)13-17(19)21)32-14-18-16(3)7-6-8-20(18)29-23(30)28(4)26-27-29/h6-10,13H,5,11-12,14H2,1-4H3/b24-19?,25-22-. The molecule has 1 aliphatic rings. The molecule has 166 valence electrons. The molecule has 0 aliphatic carbocycles. The van der Waals surface area contributed by atoms with Gasteiger partial charge in [-0.15, -0.1) is 5.10 Å². The van der Waals surface area contributed by atoms with Crippen LogP contribution in [0.2, 0.25) is 0 Å². The minimum Gasteiger partial charge on any atom is -0.492 e. The van der Waals surface area contributed by atoms with Crippen molar-refractivity contribution in [1.82, 2.24) is 19.8 Å². The summed E-state index contributed by atoms with van der Waals surface area (Å²) in [7, 11) is 1.56. The number of benzene rings is 2. The van der Waals surface area contributed by atoms with Gasteiger partial charge >= 0.3 is 5.69 Å². The van der Waals surface area contributed by atoms with Crippen molar-refractivity contribution < 1.29 is 9.47 Å². The number of aromatic nitrogens is 4. The van der Waals surface area contributed by atoms with E-state index in [0.29, 0.717) is 31.0 Å². The van der Waals surface area contributed by atoms with Gasteiger partial charge in [-0.25, -0.2) is 4.79 Å². The number of fused-ring (bicyclic) bond motifs is 1. The maximum atomic E-state index is 12.3. The van der Waals surface area contributed by atoms with E-state index in [2.05, 4.69) is 26.7 Å². The molecule has 1 aromatic heterocycles. The Morgan fingerprint density at radius 3 is 2.81 bits per heavy atom. The molecule has 0 N–H and O–H groups in total. The van der Waals surface area contributed by atoms with E-state index in [0.717, 1.165) is 33.7 Å². The fraction of sp³-hybridized carbons (Fsp3) is 0.348. The zero-order chi connectivity index (χ0) is 22.7. The summed E-state index contributed by atoms with van der Waals surface area (Å²) < 4.78 is 14.2. The van der Waals surface area contributed by atoms with Crippen LogP contribution in [0.1, 0.15) is 42.0 Å². The van der Waals surface area contributed by atoms with E-state index in [1.165, 1.54) is 9.36 Å². The molecule has 9 nitrogen and oxygen atoms in total. The molecule has 0 atom stereocenters. The van der Waals surface area contributed by atoms with Crippen LogP contribution >= 0.6 is 0 Å². The van der Waals surface area contributed by atoms with Gasteiger partial charge in [0, 0.05) is 31.0 Å². The van der Waals surface area contributed by atoms with Crippen LogP contribution in [0.5, 0.6) is 5.75 Å². The molecular weight excluding hydrogens is 408 g/mol. The third-order valence-corrected chi connectivity index (χ3v) is 5.35. The first kappa shape index (κ1) is 21.5. The molecule has 2 aromatic carbocycles. The van der Waals surface area contributed by atoms with Gasteiger partial charge in [0.05, 0.1) is 18.0 Å². The van der Waals surface area contributed by atoms with E-state index < -0.39 is 0 Å². The number of hydrogen-bond donors (Lipinski definition) is 0. The molecule has 0 radical (unpaired) electrons. The molecular formula is C23H26N6O3. The third kappa shape index (κ3) is 4.32. The lowest BCUT2D eigenvalue weighted by Gasteiger charge is -2.18. The molecule has 4 rings (SSSR count). The lowest BCUT2D eigenvalue weighted by Crippen LogP contribution is -2.23. The van der Waals surface area contributed by atoms with E-state index >= 15 is 0 Å². The molecule has 3 aromatic rings. The highest BCUT2D eigenvalue weighted by Crippen LogP contribution is 2.26. The van der Waals surface area contributed by atoms with E-state index in [1.54, 1.807) is 7.05 Å². The van der Waals surface area contributed by atoms with Crippen molar-refractivity contribution in [2.24, 2.45) is 17.3 Å². The van der Waals surface area contributed by atoms with Gasteiger partial charge in [0.2, 0.25) is 5.90 Å². The molecule has 1 aliphatic heterocycles. The Hall–Kier alpha value is -3.75. The van der Waals surface area contributed by atoms with Gasteiger partial charge in [-0.3, -0.25) is 0 Å². The number of aryl methyl sites for hydroxylation is 3. The number of hydrogen-bond acceptors (Lipinski definition) is 7. The molecule has 0 fully saturated rings. The number of ether oxygens (including phenoxy) is 2. The number of rotatable bonds is 5. The second-order valence-electron chi connectivity index (χ2n) is 7.65.